The van der Waals surface area contributed by atoms with Gasteiger partial charge in [-0.3, -0.25) is 0 Å². The second-order valence-electron chi connectivity index (χ2n) is 6.23. The second kappa shape index (κ2) is 3.06. The zero-order valence-electron chi connectivity index (χ0n) is 10.3. The van der Waals surface area contributed by atoms with Gasteiger partial charge in [-0.2, -0.15) is 0 Å². The average Bonchev–Trinajstić information content (AvgIpc) is 3.31. The van der Waals surface area contributed by atoms with E-state index in [2.05, 4.69) is 48.5 Å². The Morgan fingerprint density at radius 2 is 0.667 bits per heavy atom. The first-order valence-electron chi connectivity index (χ1n) is 7.10. The lowest BCUT2D eigenvalue weighted by Crippen LogP contribution is -1.91. The van der Waals surface area contributed by atoms with Crippen molar-refractivity contribution < 1.29 is 0 Å². The molecule has 0 heteroatoms. The molecule has 8 rings (SSSR count). The van der Waals surface area contributed by atoms with Crippen molar-refractivity contribution in [2.24, 2.45) is 0 Å². The van der Waals surface area contributed by atoms with Gasteiger partial charge in [-0.05, 0) is 58.8 Å². The van der Waals surface area contributed by atoms with Crippen LogP contribution in [-0.2, 0) is 0 Å². The lowest BCUT2D eigenvalue weighted by atomic mass is 9.97. The maximum absolute atomic E-state index is 2.38. The van der Waals surface area contributed by atoms with Crippen LogP contribution in [0.4, 0.5) is 0 Å². The molecule has 2 saturated carbocycles. The monoisotopic (exact) mass is 232 g/mol. The van der Waals surface area contributed by atoms with E-state index in [1.54, 1.807) is 22.3 Å². The van der Waals surface area contributed by atoms with Gasteiger partial charge in [0.15, 0.2) is 0 Å². The molecule has 0 aromatic heterocycles. The van der Waals surface area contributed by atoms with Gasteiger partial charge in [-0.25, -0.2) is 0 Å². The molecule has 4 unspecified atom stereocenters. The highest BCUT2D eigenvalue weighted by atomic mass is 14.5. The van der Waals surface area contributed by atoms with Gasteiger partial charge in [0.25, 0.3) is 0 Å². The third-order valence-corrected chi connectivity index (χ3v) is 5.17. The van der Waals surface area contributed by atoms with Gasteiger partial charge < -0.3 is 0 Å². The fourth-order valence-corrected chi connectivity index (χ4v) is 3.84. The Kier molecular flexibility index (Phi) is 1.59. The summed E-state index contributed by atoms with van der Waals surface area (Å²) in [7, 11) is 0. The maximum Gasteiger partial charge on any atom is -0.00868 e. The van der Waals surface area contributed by atoms with Crippen LogP contribution in [0.15, 0.2) is 48.5 Å². The highest BCUT2D eigenvalue weighted by Crippen LogP contribution is 2.58. The standard InChI is InChI=1S/C18H16/c1-2-12-4-3-11(1)15-9-17(15)13-5-7-14(8-6-13)18-10-16(12)18/h1-8,15-18H,9-10H2. The molecule has 0 radical (unpaired) electrons. The lowest BCUT2D eigenvalue weighted by molar-refractivity contribution is 0.983. The van der Waals surface area contributed by atoms with Gasteiger partial charge in [0.1, 0.15) is 0 Å². The number of benzene rings is 2. The Balaban J connectivity index is 1.69. The molecule has 4 bridgehead atoms. The molecule has 2 fully saturated rings. The van der Waals surface area contributed by atoms with Crippen LogP contribution in [0.5, 0.6) is 0 Å². The third kappa shape index (κ3) is 1.21. The molecule has 4 atom stereocenters. The fourth-order valence-electron chi connectivity index (χ4n) is 3.84. The van der Waals surface area contributed by atoms with Crippen LogP contribution in [0.25, 0.3) is 0 Å². The molecular weight excluding hydrogens is 216 g/mol. The quantitative estimate of drug-likeness (QED) is 0.625. The van der Waals surface area contributed by atoms with Crippen LogP contribution in [-0.4, -0.2) is 0 Å². The normalized spacial score (nSPS) is 34.2. The van der Waals surface area contributed by atoms with Crippen LogP contribution in [0.2, 0.25) is 0 Å². The van der Waals surface area contributed by atoms with Crippen molar-refractivity contribution in [1.82, 2.24) is 0 Å². The third-order valence-electron chi connectivity index (χ3n) is 5.17. The minimum absolute atomic E-state index is 0.777. The first kappa shape index (κ1) is 9.38. The second-order valence-corrected chi connectivity index (χ2v) is 6.23. The fraction of sp³-hybridized carbons (Fsp3) is 0.333. The SMILES string of the molecule is c1cc2ccc1C1CC1c1ccc(cc1)C1CC21. The van der Waals surface area contributed by atoms with Gasteiger partial charge in [0.2, 0.25) is 0 Å². The Hall–Kier alpha value is -1.56. The summed E-state index contributed by atoms with van der Waals surface area (Å²) in [5.41, 5.74) is 6.19. The minimum Gasteiger partial charge on any atom is -0.0585 e. The number of hydrogen-bond acceptors (Lipinski definition) is 0. The Morgan fingerprint density at radius 3 is 0.889 bits per heavy atom. The molecule has 2 aromatic carbocycles. The molecule has 88 valence electrons. The largest absolute Gasteiger partial charge is 0.0585 e. The van der Waals surface area contributed by atoms with Crippen molar-refractivity contribution in [2.75, 3.05) is 0 Å². The summed E-state index contributed by atoms with van der Waals surface area (Å²) in [4.78, 5) is 0. The van der Waals surface area contributed by atoms with E-state index in [1.165, 1.54) is 12.8 Å². The van der Waals surface area contributed by atoms with Crippen LogP contribution in [0.1, 0.15) is 58.8 Å². The van der Waals surface area contributed by atoms with Gasteiger partial charge in [0, 0.05) is 0 Å². The molecular formula is C18H16. The first-order valence-corrected chi connectivity index (χ1v) is 7.10. The summed E-state index contributed by atoms with van der Waals surface area (Å²) < 4.78 is 0. The van der Waals surface area contributed by atoms with E-state index in [4.69, 9.17) is 0 Å². The van der Waals surface area contributed by atoms with E-state index in [0.29, 0.717) is 0 Å². The zero-order chi connectivity index (χ0) is 11.7. The van der Waals surface area contributed by atoms with Crippen molar-refractivity contribution in [3.05, 3.63) is 70.8 Å². The van der Waals surface area contributed by atoms with E-state index in [1.807, 2.05) is 0 Å². The molecule has 2 aromatic rings. The van der Waals surface area contributed by atoms with Gasteiger partial charge in [-0.15, -0.1) is 0 Å². The van der Waals surface area contributed by atoms with Crippen LogP contribution in [0.3, 0.4) is 0 Å². The van der Waals surface area contributed by atoms with Crippen LogP contribution >= 0.6 is 0 Å². The van der Waals surface area contributed by atoms with Crippen molar-refractivity contribution >= 4 is 0 Å². The molecule has 0 amide bonds. The van der Waals surface area contributed by atoms with Crippen molar-refractivity contribution in [1.29, 1.82) is 0 Å². The van der Waals surface area contributed by atoms with E-state index in [-0.39, 0.29) is 0 Å². The summed E-state index contributed by atoms with van der Waals surface area (Å²) in [6.45, 7) is 0. The summed E-state index contributed by atoms with van der Waals surface area (Å²) in [5.74, 6) is 3.11. The van der Waals surface area contributed by atoms with Crippen LogP contribution < -0.4 is 0 Å². The van der Waals surface area contributed by atoms with Crippen molar-refractivity contribution in [3.8, 4) is 0 Å². The van der Waals surface area contributed by atoms with Gasteiger partial charge in [0.05, 0.1) is 0 Å². The topological polar surface area (TPSA) is 0 Å². The average molecular weight is 232 g/mol. The molecule has 6 aliphatic rings. The molecule has 6 aliphatic carbocycles. The maximum atomic E-state index is 2.38. The number of rotatable bonds is 0. The predicted octanol–water partition coefficient (Wildman–Crippen LogP) is 4.54. The van der Waals surface area contributed by atoms with Gasteiger partial charge >= 0.3 is 0 Å². The highest BCUT2D eigenvalue weighted by Gasteiger charge is 2.42. The van der Waals surface area contributed by atoms with E-state index < -0.39 is 0 Å². The van der Waals surface area contributed by atoms with Crippen molar-refractivity contribution in [3.63, 3.8) is 0 Å². The molecule has 0 aliphatic heterocycles. The van der Waals surface area contributed by atoms with E-state index >= 15 is 0 Å². The molecule has 0 spiro atoms. The molecule has 0 N–H and O–H groups in total. The molecule has 0 nitrogen and oxygen atoms in total. The highest BCUT2D eigenvalue weighted by molar-refractivity contribution is 5.44. The Bertz CT molecular complexity index is 494. The van der Waals surface area contributed by atoms with Crippen molar-refractivity contribution in [2.45, 2.75) is 36.5 Å². The summed E-state index contributed by atoms with van der Waals surface area (Å²) in [5, 5.41) is 0. The first-order chi connectivity index (χ1) is 8.90. The van der Waals surface area contributed by atoms with E-state index in [9.17, 15) is 0 Å². The van der Waals surface area contributed by atoms with E-state index in [0.717, 1.165) is 23.7 Å². The molecule has 0 saturated heterocycles. The predicted molar refractivity (Wildman–Crippen MR) is 73.1 cm³/mol. The smallest absolute Gasteiger partial charge is 0.00868 e. The Labute approximate surface area is 108 Å². The summed E-state index contributed by atoms with van der Waals surface area (Å²) in [6, 6.07) is 19.0. The number of hydrogen-bond donors (Lipinski definition) is 0. The Morgan fingerprint density at radius 1 is 0.444 bits per heavy atom. The van der Waals surface area contributed by atoms with Crippen LogP contribution in [0, 0.1) is 0 Å². The molecule has 0 heterocycles. The molecule has 18 heavy (non-hydrogen) atoms. The summed E-state index contributed by atoms with van der Waals surface area (Å²) >= 11 is 0. The minimum atomic E-state index is 0.777. The van der Waals surface area contributed by atoms with Gasteiger partial charge in [-0.1, -0.05) is 48.5 Å². The summed E-state index contributed by atoms with van der Waals surface area (Å²) in [6.07, 6.45) is 2.68. The zero-order valence-corrected chi connectivity index (χ0v) is 10.3. The lowest BCUT2D eigenvalue weighted by Gasteiger charge is -2.08.